The molecule has 1 aromatic heterocycles. The zero-order chi connectivity index (χ0) is 22.6. The van der Waals surface area contributed by atoms with Gasteiger partial charge in [-0.2, -0.15) is 0 Å². The van der Waals surface area contributed by atoms with Crippen LogP contribution in [-0.4, -0.2) is 23.6 Å². The van der Waals surface area contributed by atoms with E-state index < -0.39 is 17.3 Å². The molecule has 4 rings (SSSR count). The molecule has 1 aliphatic carbocycles. The first kappa shape index (κ1) is 21.2. The second-order valence-electron chi connectivity index (χ2n) is 7.83. The first-order chi connectivity index (χ1) is 15.5. The van der Waals surface area contributed by atoms with Crippen LogP contribution in [0, 0.1) is 5.41 Å². The quantitative estimate of drug-likeness (QED) is 0.557. The van der Waals surface area contributed by atoms with Crippen molar-refractivity contribution < 1.29 is 23.8 Å². The fourth-order valence-electron chi connectivity index (χ4n) is 3.65. The summed E-state index contributed by atoms with van der Waals surface area (Å²) in [5.74, 6) is -0.892. The first-order valence-electron chi connectivity index (χ1n) is 10.2. The number of carboxylic acid groups (broad SMARTS) is 1. The smallest absolute Gasteiger partial charge is 0.315 e. The van der Waals surface area contributed by atoms with E-state index in [0.29, 0.717) is 11.4 Å². The second kappa shape index (κ2) is 8.98. The Morgan fingerprint density at radius 3 is 2.53 bits per heavy atom. The van der Waals surface area contributed by atoms with Crippen molar-refractivity contribution in [1.29, 1.82) is 0 Å². The maximum atomic E-state index is 12.6. The predicted molar refractivity (Wildman–Crippen MR) is 121 cm³/mol. The monoisotopic (exact) mass is 429 g/mol. The van der Waals surface area contributed by atoms with Gasteiger partial charge in [-0.1, -0.05) is 48.5 Å². The molecule has 162 valence electrons. The molecule has 1 aliphatic rings. The van der Waals surface area contributed by atoms with E-state index in [1.165, 1.54) is 0 Å². The van der Waals surface area contributed by atoms with E-state index >= 15 is 0 Å². The highest BCUT2D eigenvalue weighted by Gasteiger charge is 2.40. The molecule has 0 radical (unpaired) electrons. The summed E-state index contributed by atoms with van der Waals surface area (Å²) in [5, 5.41) is 12.6. The highest BCUT2D eigenvalue weighted by molar-refractivity contribution is 5.87. The molecule has 6 nitrogen and oxygen atoms in total. The highest BCUT2D eigenvalue weighted by Crippen LogP contribution is 2.40. The lowest BCUT2D eigenvalue weighted by Gasteiger charge is -2.32. The lowest BCUT2D eigenvalue weighted by atomic mass is 9.75. The maximum absolute atomic E-state index is 12.6. The van der Waals surface area contributed by atoms with Gasteiger partial charge in [0.05, 0.1) is 12.5 Å². The Kier molecular flexibility index (Phi) is 5.94. The number of carbonyl (C=O) groups excluding carboxylic acids is 1. The van der Waals surface area contributed by atoms with Crippen LogP contribution in [0.15, 0.2) is 95.5 Å². The number of hydrogen-bond acceptors (Lipinski definition) is 4. The SMILES string of the molecule is CC1(C(=O)O)CC(c2ccccc2)=CC=C1NC(=O)COc1cccc(-c2ccoc2)c1. The van der Waals surface area contributed by atoms with Gasteiger partial charge in [0.15, 0.2) is 6.61 Å². The predicted octanol–water partition coefficient (Wildman–Crippen LogP) is 4.90. The fourth-order valence-corrected chi connectivity index (χ4v) is 3.65. The Bertz CT molecular complexity index is 1180. The molecule has 0 saturated carbocycles. The standard InChI is InChI=1S/C26H23NO5/c1-26(25(29)30)15-20(18-6-3-2-4-7-18)10-11-23(26)27-24(28)17-32-22-9-5-8-19(14-22)21-12-13-31-16-21/h2-14,16H,15,17H2,1H3,(H,27,28)(H,29,30). The summed E-state index contributed by atoms with van der Waals surface area (Å²) in [6.45, 7) is 1.38. The van der Waals surface area contributed by atoms with Crippen LogP contribution in [0.2, 0.25) is 0 Å². The topological polar surface area (TPSA) is 88.8 Å². The van der Waals surface area contributed by atoms with Gasteiger partial charge in [0.2, 0.25) is 0 Å². The molecule has 0 saturated heterocycles. The summed E-state index contributed by atoms with van der Waals surface area (Å²) in [6.07, 6.45) is 7.00. The number of carbonyl (C=O) groups is 2. The first-order valence-corrected chi connectivity index (χ1v) is 10.2. The average Bonchev–Trinajstić information content (AvgIpc) is 3.35. The Morgan fingerprint density at radius 2 is 1.81 bits per heavy atom. The number of amides is 1. The number of nitrogens with one attached hydrogen (secondary N) is 1. The third kappa shape index (κ3) is 4.49. The van der Waals surface area contributed by atoms with E-state index in [4.69, 9.17) is 9.15 Å². The minimum atomic E-state index is -1.25. The van der Waals surface area contributed by atoms with Crippen LogP contribution < -0.4 is 10.1 Å². The van der Waals surface area contributed by atoms with Gasteiger partial charge in [-0.3, -0.25) is 9.59 Å². The Hall–Kier alpha value is -4.06. The minimum Gasteiger partial charge on any atom is -0.484 e. The number of allylic oxidation sites excluding steroid dienone is 3. The number of rotatable bonds is 7. The molecule has 1 heterocycles. The number of carboxylic acids is 1. The summed E-state index contributed by atoms with van der Waals surface area (Å²) < 4.78 is 10.7. The van der Waals surface area contributed by atoms with Crippen LogP contribution in [0.25, 0.3) is 16.7 Å². The zero-order valence-electron chi connectivity index (χ0n) is 17.6. The maximum Gasteiger partial charge on any atom is 0.315 e. The molecule has 0 spiro atoms. The highest BCUT2D eigenvalue weighted by atomic mass is 16.5. The van der Waals surface area contributed by atoms with Gasteiger partial charge in [0.25, 0.3) is 5.91 Å². The van der Waals surface area contributed by atoms with E-state index in [0.717, 1.165) is 22.3 Å². The van der Waals surface area contributed by atoms with Gasteiger partial charge in [-0.25, -0.2) is 0 Å². The number of benzene rings is 2. The van der Waals surface area contributed by atoms with Crippen molar-refractivity contribution in [1.82, 2.24) is 5.32 Å². The number of aliphatic carboxylic acids is 1. The Balaban J connectivity index is 1.46. The molecule has 2 N–H and O–H groups in total. The summed E-state index contributed by atoms with van der Waals surface area (Å²) in [6, 6.07) is 18.8. The third-order valence-electron chi connectivity index (χ3n) is 5.54. The summed E-state index contributed by atoms with van der Waals surface area (Å²) in [5.41, 5.74) is 2.76. The van der Waals surface area contributed by atoms with E-state index in [1.807, 2.05) is 60.7 Å². The number of furan rings is 1. The van der Waals surface area contributed by atoms with Crippen molar-refractivity contribution in [3.8, 4) is 16.9 Å². The van der Waals surface area contributed by atoms with E-state index in [1.54, 1.807) is 31.6 Å². The van der Waals surface area contributed by atoms with Crippen molar-refractivity contribution in [2.24, 2.45) is 5.41 Å². The van der Waals surface area contributed by atoms with E-state index in [9.17, 15) is 14.7 Å². The molecule has 0 bridgehead atoms. The van der Waals surface area contributed by atoms with Crippen molar-refractivity contribution in [2.45, 2.75) is 13.3 Å². The average molecular weight is 429 g/mol. The van der Waals surface area contributed by atoms with Crippen LogP contribution >= 0.6 is 0 Å². The molecule has 3 aromatic rings. The van der Waals surface area contributed by atoms with Crippen molar-refractivity contribution >= 4 is 17.4 Å². The van der Waals surface area contributed by atoms with Gasteiger partial charge in [-0.15, -0.1) is 0 Å². The van der Waals surface area contributed by atoms with Crippen molar-refractivity contribution in [2.75, 3.05) is 6.61 Å². The molecule has 1 amide bonds. The van der Waals surface area contributed by atoms with Gasteiger partial charge in [0.1, 0.15) is 11.2 Å². The zero-order valence-corrected chi connectivity index (χ0v) is 17.6. The third-order valence-corrected chi connectivity index (χ3v) is 5.54. The molecule has 32 heavy (non-hydrogen) atoms. The van der Waals surface area contributed by atoms with Crippen LogP contribution in [0.1, 0.15) is 18.9 Å². The van der Waals surface area contributed by atoms with Crippen molar-refractivity contribution in [3.05, 3.63) is 96.6 Å². The summed E-state index contributed by atoms with van der Waals surface area (Å²) in [7, 11) is 0. The van der Waals surface area contributed by atoms with Gasteiger partial charge in [0, 0.05) is 11.3 Å². The molecule has 2 aromatic carbocycles. The molecule has 6 heteroatoms. The van der Waals surface area contributed by atoms with Crippen LogP contribution in [0.3, 0.4) is 0 Å². The Labute approximate surface area is 185 Å². The molecule has 0 fully saturated rings. The Morgan fingerprint density at radius 1 is 1.03 bits per heavy atom. The van der Waals surface area contributed by atoms with Crippen LogP contribution in [0.4, 0.5) is 0 Å². The number of ether oxygens (including phenoxy) is 1. The van der Waals surface area contributed by atoms with Crippen molar-refractivity contribution in [3.63, 3.8) is 0 Å². The number of hydrogen-bond donors (Lipinski definition) is 2. The van der Waals surface area contributed by atoms with Crippen LogP contribution in [0.5, 0.6) is 5.75 Å². The fraction of sp³-hybridized carbons (Fsp3) is 0.154. The van der Waals surface area contributed by atoms with Gasteiger partial charge < -0.3 is 19.6 Å². The molecular weight excluding hydrogens is 406 g/mol. The molecule has 0 aliphatic heterocycles. The summed E-state index contributed by atoms with van der Waals surface area (Å²) in [4.78, 5) is 24.7. The summed E-state index contributed by atoms with van der Waals surface area (Å²) >= 11 is 0. The molecule has 1 atom stereocenters. The second-order valence-corrected chi connectivity index (χ2v) is 7.83. The van der Waals surface area contributed by atoms with E-state index in [-0.39, 0.29) is 13.0 Å². The van der Waals surface area contributed by atoms with Gasteiger partial charge in [-0.05, 0) is 54.3 Å². The lowest BCUT2D eigenvalue weighted by molar-refractivity contribution is -0.145. The van der Waals surface area contributed by atoms with Crippen LogP contribution in [-0.2, 0) is 9.59 Å². The van der Waals surface area contributed by atoms with E-state index in [2.05, 4.69) is 5.32 Å². The normalized spacial score (nSPS) is 17.8. The molecular formula is C26H23NO5. The minimum absolute atomic E-state index is 0.239. The lowest BCUT2D eigenvalue weighted by Crippen LogP contribution is -2.41. The largest absolute Gasteiger partial charge is 0.484 e. The van der Waals surface area contributed by atoms with Gasteiger partial charge >= 0.3 is 5.97 Å². The molecule has 1 unspecified atom stereocenters.